The third-order valence-electron chi connectivity index (χ3n) is 3.51. The van der Waals surface area contributed by atoms with Gasteiger partial charge in [0.25, 0.3) is 5.89 Å². The number of hydrogen-bond donors (Lipinski definition) is 0. The lowest BCUT2D eigenvalue weighted by Gasteiger charge is -2.18. The highest BCUT2D eigenvalue weighted by molar-refractivity contribution is 6.30. The number of ether oxygens (including phenoxy) is 1. The zero-order valence-electron chi connectivity index (χ0n) is 12.0. The number of likely N-dealkylation sites (N-methyl/N-ethyl adjacent to an activating group) is 1. The molecule has 0 N–H and O–H groups in total. The average molecular weight is 308 g/mol. The summed E-state index contributed by atoms with van der Waals surface area (Å²) in [5, 5.41) is 4.72. The number of halogens is 1. The van der Waals surface area contributed by atoms with Gasteiger partial charge in [0.1, 0.15) is 0 Å². The molecule has 21 heavy (non-hydrogen) atoms. The third-order valence-corrected chi connectivity index (χ3v) is 3.76. The van der Waals surface area contributed by atoms with E-state index in [1.54, 1.807) is 0 Å². The van der Waals surface area contributed by atoms with E-state index in [0.29, 0.717) is 29.4 Å². The van der Waals surface area contributed by atoms with Gasteiger partial charge in [-0.2, -0.15) is 4.98 Å². The maximum absolute atomic E-state index is 5.87. The summed E-state index contributed by atoms with van der Waals surface area (Å²) in [6.07, 6.45) is 2.62. The van der Waals surface area contributed by atoms with Crippen LogP contribution in [0.25, 0.3) is 11.5 Å². The molecule has 0 spiro atoms. The Morgan fingerprint density at radius 2 is 2.14 bits per heavy atom. The standard InChI is InChI=1S/C15H18ClN3O2/c1-19(9-13-3-2-8-20-13)10-14-17-15(21-18-14)11-4-6-12(16)7-5-11/h4-7,13H,2-3,8-10H2,1H3. The van der Waals surface area contributed by atoms with E-state index in [-0.39, 0.29) is 0 Å². The van der Waals surface area contributed by atoms with Crippen molar-refractivity contribution in [3.63, 3.8) is 0 Å². The van der Waals surface area contributed by atoms with Crippen molar-refractivity contribution in [2.45, 2.75) is 25.5 Å². The highest BCUT2D eigenvalue weighted by Gasteiger charge is 2.18. The number of nitrogens with zero attached hydrogens (tertiary/aromatic N) is 3. The van der Waals surface area contributed by atoms with Crippen molar-refractivity contribution in [3.05, 3.63) is 35.1 Å². The van der Waals surface area contributed by atoms with Crippen molar-refractivity contribution < 1.29 is 9.26 Å². The fourth-order valence-corrected chi connectivity index (χ4v) is 2.60. The first kappa shape index (κ1) is 14.5. The fraction of sp³-hybridized carbons (Fsp3) is 0.467. The first-order valence-electron chi connectivity index (χ1n) is 7.09. The molecule has 0 amide bonds. The molecule has 1 aliphatic rings. The van der Waals surface area contributed by atoms with Gasteiger partial charge in [-0.3, -0.25) is 4.90 Å². The Bertz CT molecular complexity index is 579. The van der Waals surface area contributed by atoms with Gasteiger partial charge in [-0.25, -0.2) is 0 Å². The summed E-state index contributed by atoms with van der Waals surface area (Å²) in [5.41, 5.74) is 0.875. The monoisotopic (exact) mass is 307 g/mol. The summed E-state index contributed by atoms with van der Waals surface area (Å²) in [7, 11) is 2.04. The summed E-state index contributed by atoms with van der Waals surface area (Å²) in [4.78, 5) is 6.58. The lowest BCUT2D eigenvalue weighted by molar-refractivity contribution is 0.0784. The van der Waals surface area contributed by atoms with Gasteiger partial charge in [-0.05, 0) is 44.2 Å². The topological polar surface area (TPSA) is 51.4 Å². The minimum absolute atomic E-state index is 0.331. The minimum Gasteiger partial charge on any atom is -0.377 e. The van der Waals surface area contributed by atoms with E-state index in [1.807, 2.05) is 31.3 Å². The van der Waals surface area contributed by atoms with Gasteiger partial charge in [0.2, 0.25) is 0 Å². The molecule has 5 nitrogen and oxygen atoms in total. The molecule has 2 aromatic rings. The molecule has 0 aliphatic carbocycles. The molecule has 1 fully saturated rings. The average Bonchev–Trinajstić information content (AvgIpc) is 3.11. The molecule has 0 saturated carbocycles. The number of hydrogen-bond acceptors (Lipinski definition) is 5. The zero-order chi connectivity index (χ0) is 14.7. The Balaban J connectivity index is 1.60. The maximum Gasteiger partial charge on any atom is 0.257 e. The summed E-state index contributed by atoms with van der Waals surface area (Å²) >= 11 is 5.87. The maximum atomic E-state index is 5.87. The van der Waals surface area contributed by atoms with Gasteiger partial charge in [0.15, 0.2) is 5.82 Å². The second-order valence-corrected chi connectivity index (χ2v) is 5.79. The summed E-state index contributed by atoms with van der Waals surface area (Å²) in [5.74, 6) is 1.20. The van der Waals surface area contributed by atoms with Gasteiger partial charge in [-0.1, -0.05) is 16.8 Å². The van der Waals surface area contributed by atoms with Crippen LogP contribution in [0.2, 0.25) is 5.02 Å². The minimum atomic E-state index is 0.331. The SMILES string of the molecule is CN(Cc1noc(-c2ccc(Cl)cc2)n1)CC1CCCO1. The number of rotatable bonds is 5. The highest BCUT2D eigenvalue weighted by atomic mass is 35.5. The van der Waals surface area contributed by atoms with E-state index >= 15 is 0 Å². The van der Waals surface area contributed by atoms with E-state index in [2.05, 4.69) is 15.0 Å². The number of aromatic nitrogens is 2. The first-order chi connectivity index (χ1) is 10.2. The Morgan fingerprint density at radius 3 is 2.86 bits per heavy atom. The van der Waals surface area contributed by atoms with Crippen molar-refractivity contribution >= 4 is 11.6 Å². The number of benzene rings is 1. The Kier molecular flexibility index (Phi) is 4.53. The van der Waals surface area contributed by atoms with Gasteiger partial charge >= 0.3 is 0 Å². The fourth-order valence-electron chi connectivity index (χ4n) is 2.47. The molecule has 112 valence electrons. The van der Waals surface area contributed by atoms with Crippen molar-refractivity contribution in [1.29, 1.82) is 0 Å². The lowest BCUT2D eigenvalue weighted by Crippen LogP contribution is -2.28. The first-order valence-corrected chi connectivity index (χ1v) is 7.47. The van der Waals surface area contributed by atoms with E-state index < -0.39 is 0 Å². The van der Waals surface area contributed by atoms with E-state index in [1.165, 1.54) is 0 Å². The van der Waals surface area contributed by atoms with Crippen LogP contribution in [0.1, 0.15) is 18.7 Å². The van der Waals surface area contributed by atoms with Crippen LogP contribution >= 0.6 is 11.6 Å². The molecule has 1 aromatic heterocycles. The lowest BCUT2D eigenvalue weighted by atomic mass is 10.2. The third kappa shape index (κ3) is 3.81. The van der Waals surface area contributed by atoms with Crippen LogP contribution in [0.4, 0.5) is 0 Å². The molecule has 0 bridgehead atoms. The molecule has 2 heterocycles. The predicted molar refractivity (Wildman–Crippen MR) is 80.1 cm³/mol. The van der Waals surface area contributed by atoms with Crippen LogP contribution < -0.4 is 0 Å². The Labute approximate surface area is 128 Å². The molecular weight excluding hydrogens is 290 g/mol. The molecule has 1 saturated heterocycles. The van der Waals surface area contributed by atoms with E-state index in [0.717, 1.165) is 31.6 Å². The Hall–Kier alpha value is -1.43. The van der Waals surface area contributed by atoms with Crippen LogP contribution in [-0.4, -0.2) is 41.3 Å². The van der Waals surface area contributed by atoms with Crippen molar-refractivity contribution in [3.8, 4) is 11.5 Å². The molecule has 1 atom stereocenters. The van der Waals surface area contributed by atoms with Gasteiger partial charge in [0, 0.05) is 23.7 Å². The van der Waals surface area contributed by atoms with Crippen LogP contribution in [0, 0.1) is 0 Å². The molecular formula is C15H18ClN3O2. The smallest absolute Gasteiger partial charge is 0.257 e. The van der Waals surface area contributed by atoms with Crippen LogP contribution in [0.15, 0.2) is 28.8 Å². The van der Waals surface area contributed by atoms with Crippen LogP contribution in [-0.2, 0) is 11.3 Å². The zero-order valence-corrected chi connectivity index (χ0v) is 12.7. The molecule has 6 heteroatoms. The molecule has 1 aromatic carbocycles. The predicted octanol–water partition coefficient (Wildman–Crippen LogP) is 3.00. The van der Waals surface area contributed by atoms with E-state index in [9.17, 15) is 0 Å². The van der Waals surface area contributed by atoms with Gasteiger partial charge < -0.3 is 9.26 Å². The normalized spacial score (nSPS) is 18.5. The molecule has 0 radical (unpaired) electrons. The highest BCUT2D eigenvalue weighted by Crippen LogP contribution is 2.20. The molecule has 1 unspecified atom stereocenters. The van der Waals surface area contributed by atoms with Gasteiger partial charge in [0.05, 0.1) is 12.6 Å². The largest absolute Gasteiger partial charge is 0.377 e. The second-order valence-electron chi connectivity index (χ2n) is 5.35. The van der Waals surface area contributed by atoms with Crippen molar-refractivity contribution in [2.75, 3.05) is 20.2 Å². The molecule has 1 aliphatic heterocycles. The second kappa shape index (κ2) is 6.56. The van der Waals surface area contributed by atoms with Crippen LogP contribution in [0.3, 0.4) is 0 Å². The van der Waals surface area contributed by atoms with Crippen LogP contribution in [0.5, 0.6) is 0 Å². The Morgan fingerprint density at radius 1 is 1.33 bits per heavy atom. The summed E-state index contributed by atoms with van der Waals surface area (Å²) < 4.78 is 10.9. The van der Waals surface area contributed by atoms with E-state index in [4.69, 9.17) is 20.9 Å². The van der Waals surface area contributed by atoms with Crippen molar-refractivity contribution in [1.82, 2.24) is 15.0 Å². The summed E-state index contributed by atoms with van der Waals surface area (Å²) in [6, 6.07) is 7.36. The van der Waals surface area contributed by atoms with Gasteiger partial charge in [-0.15, -0.1) is 0 Å². The quantitative estimate of drug-likeness (QED) is 0.850. The van der Waals surface area contributed by atoms with Crippen molar-refractivity contribution in [2.24, 2.45) is 0 Å². The summed E-state index contributed by atoms with van der Waals surface area (Å²) in [6.45, 7) is 2.42. The molecule has 3 rings (SSSR count).